The van der Waals surface area contributed by atoms with Gasteiger partial charge in [-0.1, -0.05) is 6.92 Å². The van der Waals surface area contributed by atoms with Crippen molar-refractivity contribution in [1.29, 1.82) is 0 Å². The molecule has 7 heteroatoms. The van der Waals surface area contributed by atoms with Crippen LogP contribution in [0.5, 0.6) is 0 Å². The molecule has 0 aromatic carbocycles. The lowest BCUT2D eigenvalue weighted by molar-refractivity contribution is 0.435. The van der Waals surface area contributed by atoms with Crippen molar-refractivity contribution in [2.24, 2.45) is 13.0 Å². The molecule has 1 atom stereocenters. The van der Waals surface area contributed by atoms with Gasteiger partial charge in [0.25, 0.3) is 5.56 Å². The van der Waals surface area contributed by atoms with Crippen molar-refractivity contribution in [2.75, 3.05) is 18.0 Å². The van der Waals surface area contributed by atoms with E-state index in [-0.39, 0.29) is 11.6 Å². The Morgan fingerprint density at radius 2 is 2.05 bits per heavy atom. The van der Waals surface area contributed by atoms with Gasteiger partial charge < -0.3 is 9.47 Å². The summed E-state index contributed by atoms with van der Waals surface area (Å²) in [5.41, 5.74) is 0.140. The number of rotatable bonds is 2. The summed E-state index contributed by atoms with van der Waals surface area (Å²) in [5.74, 6) is 1.40. The van der Waals surface area contributed by atoms with Crippen molar-refractivity contribution < 1.29 is 0 Å². The lowest BCUT2D eigenvalue weighted by Crippen LogP contribution is -2.36. The van der Waals surface area contributed by atoms with Gasteiger partial charge in [-0.15, -0.1) is 0 Å². The van der Waals surface area contributed by atoms with Gasteiger partial charge in [0.05, 0.1) is 0 Å². The summed E-state index contributed by atoms with van der Waals surface area (Å²) in [5, 5.41) is 0. The summed E-state index contributed by atoms with van der Waals surface area (Å²) in [6.07, 6.45) is 2.34. The molecule has 22 heavy (non-hydrogen) atoms. The fourth-order valence-electron chi connectivity index (χ4n) is 3.27. The number of anilines is 1. The molecule has 0 bridgehead atoms. The molecule has 0 aliphatic carbocycles. The van der Waals surface area contributed by atoms with Crippen LogP contribution in [0.3, 0.4) is 0 Å². The van der Waals surface area contributed by atoms with E-state index in [0.29, 0.717) is 17.1 Å². The molecule has 0 radical (unpaired) electrons. The maximum absolute atomic E-state index is 12.3. The molecule has 0 amide bonds. The van der Waals surface area contributed by atoms with Gasteiger partial charge in [-0.3, -0.25) is 14.3 Å². The number of H-pyrrole nitrogens is 1. The Balaban J connectivity index is 2.28. The molecule has 2 aromatic rings. The first-order valence-corrected chi connectivity index (χ1v) is 7.86. The van der Waals surface area contributed by atoms with Crippen LogP contribution < -0.4 is 16.1 Å². The summed E-state index contributed by atoms with van der Waals surface area (Å²) in [6.45, 7) is 8.16. The summed E-state index contributed by atoms with van der Waals surface area (Å²) in [7, 11) is 1.64. The number of imidazole rings is 1. The van der Waals surface area contributed by atoms with Gasteiger partial charge in [0, 0.05) is 26.2 Å². The predicted molar refractivity (Wildman–Crippen MR) is 86.6 cm³/mol. The predicted octanol–water partition coefficient (Wildman–Crippen LogP) is 1.24. The van der Waals surface area contributed by atoms with Gasteiger partial charge in [0.2, 0.25) is 5.95 Å². The third kappa shape index (κ3) is 2.24. The average Bonchev–Trinajstić information content (AvgIpc) is 2.86. The van der Waals surface area contributed by atoms with E-state index in [9.17, 15) is 9.59 Å². The second kappa shape index (κ2) is 5.30. The van der Waals surface area contributed by atoms with Crippen LogP contribution in [0.4, 0.5) is 5.95 Å². The largest absolute Gasteiger partial charge is 0.342 e. The van der Waals surface area contributed by atoms with E-state index in [1.54, 1.807) is 7.05 Å². The van der Waals surface area contributed by atoms with E-state index < -0.39 is 5.69 Å². The molecule has 1 aliphatic rings. The first-order chi connectivity index (χ1) is 10.4. The standard InChI is InChI=1S/C15H23N5O2/c1-9(2)20-11-12(18(4)15(22)17-13(11)21)16-14(20)19-7-5-6-10(3)8-19/h9-10H,5-8H2,1-4H3,(H,17,21,22). The number of hydrogen-bond acceptors (Lipinski definition) is 4. The van der Waals surface area contributed by atoms with Crippen molar-refractivity contribution in [1.82, 2.24) is 19.1 Å². The highest BCUT2D eigenvalue weighted by molar-refractivity contribution is 5.74. The Morgan fingerprint density at radius 3 is 2.68 bits per heavy atom. The van der Waals surface area contributed by atoms with E-state index in [1.165, 1.54) is 11.0 Å². The third-order valence-corrected chi connectivity index (χ3v) is 4.39. The van der Waals surface area contributed by atoms with Crippen LogP contribution in [-0.4, -0.2) is 32.2 Å². The summed E-state index contributed by atoms with van der Waals surface area (Å²) in [6, 6.07) is 0.0934. The quantitative estimate of drug-likeness (QED) is 0.905. The molecule has 0 saturated carbocycles. The van der Waals surface area contributed by atoms with Gasteiger partial charge in [-0.05, 0) is 32.6 Å². The molecule has 3 rings (SSSR count). The molecule has 7 nitrogen and oxygen atoms in total. The topological polar surface area (TPSA) is 75.9 Å². The molecule has 120 valence electrons. The van der Waals surface area contributed by atoms with Crippen molar-refractivity contribution in [3.8, 4) is 0 Å². The first-order valence-electron chi connectivity index (χ1n) is 7.86. The normalized spacial score (nSPS) is 19.3. The van der Waals surface area contributed by atoms with Crippen LogP contribution in [0.1, 0.15) is 39.7 Å². The van der Waals surface area contributed by atoms with Crippen molar-refractivity contribution in [3.63, 3.8) is 0 Å². The van der Waals surface area contributed by atoms with E-state index in [1.807, 2.05) is 18.4 Å². The fraction of sp³-hybridized carbons (Fsp3) is 0.667. The van der Waals surface area contributed by atoms with Crippen LogP contribution in [0, 0.1) is 5.92 Å². The Labute approximate surface area is 128 Å². The maximum Gasteiger partial charge on any atom is 0.329 e. The zero-order valence-corrected chi connectivity index (χ0v) is 13.6. The SMILES string of the molecule is CC1CCCN(c2nc3c(c(=O)[nH]c(=O)n3C)n2C(C)C)C1. The second-order valence-electron chi connectivity index (χ2n) is 6.56. The van der Waals surface area contributed by atoms with Gasteiger partial charge in [0.1, 0.15) is 0 Å². The number of aromatic amines is 1. The number of aromatic nitrogens is 4. The third-order valence-electron chi connectivity index (χ3n) is 4.39. The number of nitrogens with zero attached hydrogens (tertiary/aromatic N) is 4. The Hall–Kier alpha value is -2.05. The van der Waals surface area contributed by atoms with Crippen LogP contribution in [0.2, 0.25) is 0 Å². The minimum atomic E-state index is -0.426. The summed E-state index contributed by atoms with van der Waals surface area (Å²) in [4.78, 5) is 33.4. The highest BCUT2D eigenvalue weighted by atomic mass is 16.2. The average molecular weight is 305 g/mol. The van der Waals surface area contributed by atoms with E-state index in [4.69, 9.17) is 0 Å². The molecular weight excluding hydrogens is 282 g/mol. The fourth-order valence-corrected chi connectivity index (χ4v) is 3.27. The number of aryl methyl sites for hydroxylation is 1. The lowest BCUT2D eigenvalue weighted by atomic mass is 10.0. The minimum absolute atomic E-state index is 0.0934. The van der Waals surface area contributed by atoms with E-state index >= 15 is 0 Å². The zero-order chi connectivity index (χ0) is 16.0. The highest BCUT2D eigenvalue weighted by Crippen LogP contribution is 2.27. The van der Waals surface area contributed by atoms with Crippen molar-refractivity contribution in [3.05, 3.63) is 20.8 Å². The maximum atomic E-state index is 12.3. The molecular formula is C15H23N5O2. The molecule has 1 saturated heterocycles. The number of piperidine rings is 1. The van der Waals surface area contributed by atoms with Crippen LogP contribution >= 0.6 is 0 Å². The van der Waals surface area contributed by atoms with Crippen molar-refractivity contribution >= 4 is 17.1 Å². The Morgan fingerprint density at radius 1 is 1.32 bits per heavy atom. The molecule has 1 unspecified atom stereocenters. The van der Waals surface area contributed by atoms with Gasteiger partial charge in [0.15, 0.2) is 11.2 Å². The van der Waals surface area contributed by atoms with Gasteiger partial charge in [-0.2, -0.15) is 4.98 Å². The second-order valence-corrected chi connectivity index (χ2v) is 6.56. The van der Waals surface area contributed by atoms with Crippen LogP contribution in [-0.2, 0) is 7.05 Å². The Bertz CT molecular complexity index is 814. The summed E-state index contributed by atoms with van der Waals surface area (Å²) >= 11 is 0. The number of hydrogen-bond donors (Lipinski definition) is 1. The highest BCUT2D eigenvalue weighted by Gasteiger charge is 2.25. The molecule has 0 spiro atoms. The van der Waals surface area contributed by atoms with Crippen LogP contribution in [0.15, 0.2) is 9.59 Å². The minimum Gasteiger partial charge on any atom is -0.342 e. The molecule has 2 aromatic heterocycles. The van der Waals surface area contributed by atoms with E-state index in [0.717, 1.165) is 25.5 Å². The molecule has 1 fully saturated rings. The Kier molecular flexibility index (Phi) is 3.58. The lowest BCUT2D eigenvalue weighted by Gasteiger charge is -2.32. The van der Waals surface area contributed by atoms with Gasteiger partial charge in [-0.25, -0.2) is 4.79 Å². The summed E-state index contributed by atoms with van der Waals surface area (Å²) < 4.78 is 3.36. The van der Waals surface area contributed by atoms with Crippen LogP contribution in [0.25, 0.3) is 11.2 Å². The molecule has 3 heterocycles. The van der Waals surface area contributed by atoms with E-state index in [2.05, 4.69) is 21.8 Å². The molecule has 1 aliphatic heterocycles. The smallest absolute Gasteiger partial charge is 0.329 e. The number of nitrogens with one attached hydrogen (secondary N) is 1. The first kappa shape index (κ1) is 14.9. The zero-order valence-electron chi connectivity index (χ0n) is 13.6. The van der Waals surface area contributed by atoms with Crippen molar-refractivity contribution in [2.45, 2.75) is 39.7 Å². The number of fused-ring (bicyclic) bond motifs is 1. The monoisotopic (exact) mass is 305 g/mol. The molecule has 1 N–H and O–H groups in total. The van der Waals surface area contributed by atoms with Gasteiger partial charge >= 0.3 is 5.69 Å².